The zero-order valence-corrected chi connectivity index (χ0v) is 11.6. The van der Waals surface area contributed by atoms with Gasteiger partial charge in [0.05, 0.1) is 0 Å². The highest BCUT2D eigenvalue weighted by molar-refractivity contribution is 5.64. The molecule has 2 nitrogen and oxygen atoms in total. The molecule has 3 rings (SSSR count). The van der Waals surface area contributed by atoms with Gasteiger partial charge in [-0.2, -0.15) is 0 Å². The average molecular weight is 276 g/mol. The van der Waals surface area contributed by atoms with Crippen LogP contribution in [-0.2, 0) is 6.61 Å². The minimum atomic E-state index is 0.279. The molecule has 0 fully saturated rings. The molecule has 0 aliphatic carbocycles. The molecule has 0 saturated heterocycles. The zero-order chi connectivity index (χ0) is 14.5. The Labute approximate surface area is 124 Å². The third kappa shape index (κ3) is 3.42. The van der Waals surface area contributed by atoms with Gasteiger partial charge in [0, 0.05) is 0 Å². The number of hydrogen-bond donors (Lipinski definition) is 1. The van der Waals surface area contributed by atoms with E-state index in [9.17, 15) is 5.11 Å². The predicted molar refractivity (Wildman–Crippen MR) is 84.3 cm³/mol. The number of hydrogen-bond acceptors (Lipinski definition) is 2. The maximum Gasteiger partial charge on any atom is 0.119 e. The molecule has 0 heterocycles. The van der Waals surface area contributed by atoms with Crippen molar-refractivity contribution in [1.29, 1.82) is 0 Å². The van der Waals surface area contributed by atoms with Crippen LogP contribution in [0.15, 0.2) is 78.9 Å². The second-order valence-electron chi connectivity index (χ2n) is 4.85. The third-order valence-electron chi connectivity index (χ3n) is 3.30. The summed E-state index contributed by atoms with van der Waals surface area (Å²) in [4.78, 5) is 0. The Morgan fingerprint density at radius 2 is 1.24 bits per heavy atom. The first-order valence-corrected chi connectivity index (χ1v) is 6.87. The van der Waals surface area contributed by atoms with Crippen LogP contribution in [0.3, 0.4) is 0 Å². The van der Waals surface area contributed by atoms with Crippen LogP contribution in [0.1, 0.15) is 5.56 Å². The fourth-order valence-electron chi connectivity index (χ4n) is 2.14. The number of benzene rings is 3. The summed E-state index contributed by atoms with van der Waals surface area (Å²) in [5.41, 5.74) is 3.32. The molecule has 2 heteroatoms. The Morgan fingerprint density at radius 3 is 1.86 bits per heavy atom. The number of phenols is 1. The zero-order valence-electron chi connectivity index (χ0n) is 11.6. The molecule has 0 aromatic heterocycles. The lowest BCUT2D eigenvalue weighted by molar-refractivity contribution is 0.306. The summed E-state index contributed by atoms with van der Waals surface area (Å²) in [7, 11) is 0. The SMILES string of the molecule is Oc1ccc(-c2ccc(OCc3ccccc3)cc2)cc1. The monoisotopic (exact) mass is 276 g/mol. The summed E-state index contributed by atoms with van der Waals surface area (Å²) in [6, 6.07) is 25.2. The molecule has 0 unspecified atom stereocenters. The van der Waals surface area contributed by atoms with Gasteiger partial charge in [-0.1, -0.05) is 54.6 Å². The summed E-state index contributed by atoms with van der Waals surface area (Å²) in [5, 5.41) is 9.31. The van der Waals surface area contributed by atoms with Crippen LogP contribution < -0.4 is 4.74 Å². The first kappa shape index (κ1) is 13.3. The Balaban J connectivity index is 1.68. The van der Waals surface area contributed by atoms with Crippen LogP contribution in [0.25, 0.3) is 11.1 Å². The van der Waals surface area contributed by atoms with Crippen molar-refractivity contribution in [2.75, 3.05) is 0 Å². The van der Waals surface area contributed by atoms with E-state index in [0.29, 0.717) is 6.61 Å². The standard InChI is InChI=1S/C19H16O2/c20-18-10-6-16(7-11-18)17-8-12-19(13-9-17)21-14-15-4-2-1-3-5-15/h1-13,20H,14H2. The van der Waals surface area contributed by atoms with Gasteiger partial charge in [0.15, 0.2) is 0 Å². The minimum absolute atomic E-state index is 0.279. The van der Waals surface area contributed by atoms with Crippen LogP contribution in [-0.4, -0.2) is 5.11 Å². The summed E-state index contributed by atoms with van der Waals surface area (Å²) in [6.45, 7) is 0.569. The van der Waals surface area contributed by atoms with E-state index in [0.717, 1.165) is 22.4 Å². The van der Waals surface area contributed by atoms with Gasteiger partial charge < -0.3 is 9.84 Å². The van der Waals surface area contributed by atoms with Gasteiger partial charge in [0.1, 0.15) is 18.1 Å². The molecule has 0 spiro atoms. The molecule has 3 aromatic carbocycles. The van der Waals surface area contributed by atoms with Gasteiger partial charge in [-0.15, -0.1) is 0 Å². The molecule has 104 valence electrons. The Kier molecular flexibility index (Phi) is 3.88. The molecule has 21 heavy (non-hydrogen) atoms. The van der Waals surface area contributed by atoms with Gasteiger partial charge in [-0.05, 0) is 41.0 Å². The molecule has 0 aliphatic rings. The fraction of sp³-hybridized carbons (Fsp3) is 0.0526. The van der Waals surface area contributed by atoms with Crippen LogP contribution in [0.2, 0.25) is 0 Å². The van der Waals surface area contributed by atoms with Gasteiger partial charge in [-0.3, -0.25) is 0 Å². The molecule has 0 amide bonds. The molecule has 0 radical (unpaired) electrons. The number of rotatable bonds is 4. The lowest BCUT2D eigenvalue weighted by Gasteiger charge is -2.07. The van der Waals surface area contributed by atoms with Crippen molar-refractivity contribution in [2.24, 2.45) is 0 Å². The van der Waals surface area contributed by atoms with Crippen LogP contribution in [0, 0.1) is 0 Å². The van der Waals surface area contributed by atoms with E-state index >= 15 is 0 Å². The van der Waals surface area contributed by atoms with Crippen molar-refractivity contribution >= 4 is 0 Å². The van der Waals surface area contributed by atoms with Gasteiger partial charge in [0.2, 0.25) is 0 Å². The average Bonchev–Trinajstić information content (AvgIpc) is 2.55. The number of phenolic OH excluding ortho intramolecular Hbond substituents is 1. The maximum absolute atomic E-state index is 9.31. The smallest absolute Gasteiger partial charge is 0.119 e. The van der Waals surface area contributed by atoms with Crippen molar-refractivity contribution in [2.45, 2.75) is 6.61 Å². The lowest BCUT2D eigenvalue weighted by atomic mass is 10.1. The molecule has 0 atom stereocenters. The van der Waals surface area contributed by atoms with Crippen LogP contribution >= 0.6 is 0 Å². The summed E-state index contributed by atoms with van der Waals surface area (Å²) < 4.78 is 5.76. The highest BCUT2D eigenvalue weighted by Gasteiger charge is 1.99. The lowest BCUT2D eigenvalue weighted by Crippen LogP contribution is -1.94. The van der Waals surface area contributed by atoms with Crippen molar-refractivity contribution < 1.29 is 9.84 Å². The van der Waals surface area contributed by atoms with E-state index in [2.05, 4.69) is 0 Å². The second-order valence-corrected chi connectivity index (χ2v) is 4.85. The van der Waals surface area contributed by atoms with E-state index in [-0.39, 0.29) is 5.75 Å². The quantitative estimate of drug-likeness (QED) is 0.752. The topological polar surface area (TPSA) is 29.5 Å². The normalized spacial score (nSPS) is 10.3. The van der Waals surface area contributed by atoms with E-state index in [4.69, 9.17) is 4.74 Å². The fourth-order valence-corrected chi connectivity index (χ4v) is 2.14. The van der Waals surface area contributed by atoms with Gasteiger partial charge in [0.25, 0.3) is 0 Å². The van der Waals surface area contributed by atoms with Crippen molar-refractivity contribution in [3.8, 4) is 22.6 Å². The van der Waals surface area contributed by atoms with E-state index in [1.807, 2.05) is 66.7 Å². The summed E-state index contributed by atoms with van der Waals surface area (Å²) in [5.74, 6) is 1.13. The van der Waals surface area contributed by atoms with Crippen molar-refractivity contribution in [1.82, 2.24) is 0 Å². The number of ether oxygens (including phenoxy) is 1. The molecule has 1 N–H and O–H groups in total. The Morgan fingerprint density at radius 1 is 0.667 bits per heavy atom. The largest absolute Gasteiger partial charge is 0.508 e. The van der Waals surface area contributed by atoms with Crippen molar-refractivity contribution in [3.63, 3.8) is 0 Å². The van der Waals surface area contributed by atoms with Crippen LogP contribution in [0.4, 0.5) is 0 Å². The number of aromatic hydroxyl groups is 1. The summed E-state index contributed by atoms with van der Waals surface area (Å²) >= 11 is 0. The highest BCUT2D eigenvalue weighted by Crippen LogP contribution is 2.24. The van der Waals surface area contributed by atoms with Crippen molar-refractivity contribution in [3.05, 3.63) is 84.4 Å². The molecule has 0 saturated carbocycles. The van der Waals surface area contributed by atoms with E-state index in [1.165, 1.54) is 0 Å². The van der Waals surface area contributed by atoms with Gasteiger partial charge in [-0.25, -0.2) is 0 Å². The maximum atomic E-state index is 9.31. The molecule has 3 aromatic rings. The Hall–Kier alpha value is -2.74. The molecular formula is C19H16O2. The molecular weight excluding hydrogens is 260 g/mol. The first-order valence-electron chi connectivity index (χ1n) is 6.87. The second kappa shape index (κ2) is 6.14. The minimum Gasteiger partial charge on any atom is -0.508 e. The van der Waals surface area contributed by atoms with E-state index < -0.39 is 0 Å². The van der Waals surface area contributed by atoms with E-state index in [1.54, 1.807) is 12.1 Å². The third-order valence-corrected chi connectivity index (χ3v) is 3.30. The van der Waals surface area contributed by atoms with Gasteiger partial charge >= 0.3 is 0 Å². The first-order chi connectivity index (χ1) is 10.3. The summed E-state index contributed by atoms with van der Waals surface area (Å²) in [6.07, 6.45) is 0. The highest BCUT2D eigenvalue weighted by atomic mass is 16.5. The van der Waals surface area contributed by atoms with Crippen LogP contribution in [0.5, 0.6) is 11.5 Å². The molecule has 0 bridgehead atoms. The predicted octanol–water partition coefficient (Wildman–Crippen LogP) is 4.64. The Bertz CT molecular complexity index is 686. The molecule has 0 aliphatic heterocycles.